The zero-order valence-corrected chi connectivity index (χ0v) is 18.5. The smallest absolute Gasteiger partial charge is 0.260 e. The monoisotopic (exact) mass is 430 g/mol. The fourth-order valence-corrected chi connectivity index (χ4v) is 4.92. The summed E-state index contributed by atoms with van der Waals surface area (Å²) in [5.41, 5.74) is 2.35. The first-order valence-electron chi connectivity index (χ1n) is 10.5. The van der Waals surface area contributed by atoms with Crippen molar-refractivity contribution in [2.45, 2.75) is 38.0 Å². The van der Waals surface area contributed by atoms with E-state index >= 15 is 0 Å². The predicted molar refractivity (Wildman–Crippen MR) is 117 cm³/mol. The summed E-state index contributed by atoms with van der Waals surface area (Å²) >= 11 is 0. The number of nitrogens with zero attached hydrogens (tertiary/aromatic N) is 2. The number of hydrogen-bond donors (Lipinski definition) is 0. The average molecular weight is 431 g/mol. The number of sulfonamides is 1. The molecule has 1 aliphatic heterocycles. The molecule has 7 heteroatoms. The molecule has 3 rings (SSSR count). The Hall–Kier alpha value is -2.38. The molecule has 0 aliphatic carbocycles. The summed E-state index contributed by atoms with van der Waals surface area (Å²) in [6, 6.07) is 14.8. The van der Waals surface area contributed by atoms with Crippen LogP contribution in [0.5, 0.6) is 5.75 Å². The van der Waals surface area contributed by atoms with Gasteiger partial charge in [-0.1, -0.05) is 44.5 Å². The second-order valence-electron chi connectivity index (χ2n) is 7.47. The minimum absolute atomic E-state index is 0.0433. The number of rotatable bonds is 8. The molecule has 30 heavy (non-hydrogen) atoms. The molecule has 0 unspecified atom stereocenters. The van der Waals surface area contributed by atoms with Gasteiger partial charge in [0.25, 0.3) is 5.91 Å². The fourth-order valence-electron chi connectivity index (χ4n) is 3.50. The van der Waals surface area contributed by atoms with E-state index in [-0.39, 0.29) is 25.6 Å². The van der Waals surface area contributed by atoms with Crippen LogP contribution in [0, 0.1) is 0 Å². The molecule has 1 saturated heterocycles. The summed E-state index contributed by atoms with van der Waals surface area (Å²) in [5, 5.41) is 0. The van der Waals surface area contributed by atoms with Crippen LogP contribution in [-0.4, -0.2) is 56.3 Å². The molecule has 0 radical (unpaired) electrons. The molecule has 2 aromatic carbocycles. The maximum absolute atomic E-state index is 12.8. The number of carbonyl (C=O) groups excluding carboxylic acids is 1. The maximum Gasteiger partial charge on any atom is 0.260 e. The first-order valence-corrected chi connectivity index (χ1v) is 12.0. The van der Waals surface area contributed by atoms with E-state index in [1.807, 2.05) is 43.3 Å². The number of piperazine rings is 1. The summed E-state index contributed by atoms with van der Waals surface area (Å²) in [6.45, 7) is 5.43. The van der Waals surface area contributed by atoms with Crippen LogP contribution in [-0.2, 0) is 27.7 Å². The van der Waals surface area contributed by atoms with E-state index in [0.29, 0.717) is 23.7 Å². The fraction of sp³-hybridized carbons (Fsp3) is 0.435. The van der Waals surface area contributed by atoms with Crippen molar-refractivity contribution in [3.8, 4) is 5.75 Å². The van der Waals surface area contributed by atoms with E-state index in [9.17, 15) is 13.2 Å². The van der Waals surface area contributed by atoms with Crippen molar-refractivity contribution >= 4 is 15.9 Å². The standard InChI is InChI=1S/C23H30N2O4S/c1-3-5-20-6-10-21(11-7-20)29-18-23(26)24-14-16-25(17-15-24)30(27,28)22-12-8-19(4-2)9-13-22/h6-13H,3-5,14-18H2,1-2H3. The summed E-state index contributed by atoms with van der Waals surface area (Å²) in [4.78, 5) is 14.4. The second kappa shape index (κ2) is 10.1. The van der Waals surface area contributed by atoms with Gasteiger partial charge in [0.1, 0.15) is 5.75 Å². The number of ether oxygens (including phenoxy) is 1. The van der Waals surface area contributed by atoms with Crippen LogP contribution >= 0.6 is 0 Å². The summed E-state index contributed by atoms with van der Waals surface area (Å²) < 4.78 is 32.8. The number of hydrogen-bond acceptors (Lipinski definition) is 4. The van der Waals surface area contributed by atoms with Crippen LogP contribution in [0.4, 0.5) is 0 Å². The minimum atomic E-state index is -3.54. The normalized spacial score (nSPS) is 15.2. The third-order valence-corrected chi connectivity index (χ3v) is 7.30. The highest BCUT2D eigenvalue weighted by Gasteiger charge is 2.30. The molecular formula is C23H30N2O4S. The van der Waals surface area contributed by atoms with Crippen LogP contribution in [0.15, 0.2) is 53.4 Å². The first kappa shape index (κ1) is 22.3. The van der Waals surface area contributed by atoms with Gasteiger partial charge in [-0.15, -0.1) is 0 Å². The van der Waals surface area contributed by atoms with Gasteiger partial charge < -0.3 is 9.64 Å². The Bertz CT molecular complexity index is 932. The van der Waals surface area contributed by atoms with E-state index < -0.39 is 10.0 Å². The molecule has 1 heterocycles. The molecular weight excluding hydrogens is 400 g/mol. The van der Waals surface area contributed by atoms with Crippen LogP contribution in [0.2, 0.25) is 0 Å². The highest BCUT2D eigenvalue weighted by molar-refractivity contribution is 7.89. The van der Waals surface area contributed by atoms with E-state index in [1.54, 1.807) is 17.0 Å². The van der Waals surface area contributed by atoms with Gasteiger partial charge in [0.05, 0.1) is 4.90 Å². The molecule has 162 valence electrons. The molecule has 0 aromatic heterocycles. The Labute approximate surface area is 179 Å². The Balaban J connectivity index is 1.51. The lowest BCUT2D eigenvalue weighted by atomic mass is 10.1. The zero-order chi connectivity index (χ0) is 21.6. The molecule has 0 spiro atoms. The SMILES string of the molecule is CCCc1ccc(OCC(=O)N2CCN(S(=O)(=O)c3ccc(CC)cc3)CC2)cc1. The first-order chi connectivity index (χ1) is 14.4. The van der Waals surface area contributed by atoms with Crippen molar-refractivity contribution in [3.05, 3.63) is 59.7 Å². The number of carbonyl (C=O) groups is 1. The lowest BCUT2D eigenvalue weighted by Crippen LogP contribution is -2.51. The van der Waals surface area contributed by atoms with Crippen LogP contribution in [0.25, 0.3) is 0 Å². The third kappa shape index (κ3) is 5.40. The maximum atomic E-state index is 12.8. The topological polar surface area (TPSA) is 66.9 Å². The van der Waals surface area contributed by atoms with Crippen molar-refractivity contribution in [1.82, 2.24) is 9.21 Å². The molecule has 6 nitrogen and oxygen atoms in total. The van der Waals surface area contributed by atoms with Gasteiger partial charge in [0, 0.05) is 26.2 Å². The van der Waals surface area contributed by atoms with E-state index in [0.717, 1.165) is 24.8 Å². The number of benzene rings is 2. The molecule has 1 fully saturated rings. The highest BCUT2D eigenvalue weighted by Crippen LogP contribution is 2.19. The molecule has 2 aromatic rings. The molecule has 0 saturated carbocycles. The van der Waals surface area contributed by atoms with Crippen LogP contribution in [0.3, 0.4) is 0 Å². The average Bonchev–Trinajstić information content (AvgIpc) is 2.78. The minimum Gasteiger partial charge on any atom is -0.484 e. The van der Waals surface area contributed by atoms with Gasteiger partial charge in [-0.3, -0.25) is 4.79 Å². The van der Waals surface area contributed by atoms with Gasteiger partial charge in [-0.2, -0.15) is 4.31 Å². The Kier molecular flexibility index (Phi) is 7.50. The van der Waals surface area contributed by atoms with E-state index in [2.05, 4.69) is 6.92 Å². The van der Waals surface area contributed by atoms with Gasteiger partial charge in [0.15, 0.2) is 6.61 Å². The Morgan fingerprint density at radius 2 is 1.50 bits per heavy atom. The van der Waals surface area contributed by atoms with Crippen LogP contribution in [0.1, 0.15) is 31.4 Å². The third-order valence-electron chi connectivity index (χ3n) is 5.39. The van der Waals surface area contributed by atoms with Gasteiger partial charge in [-0.05, 0) is 48.2 Å². The molecule has 0 N–H and O–H groups in total. The number of aryl methyl sites for hydroxylation is 2. The Morgan fingerprint density at radius 1 is 0.900 bits per heavy atom. The predicted octanol–water partition coefficient (Wildman–Crippen LogP) is 3.11. The van der Waals surface area contributed by atoms with Crippen LogP contribution < -0.4 is 4.74 Å². The summed E-state index contributed by atoms with van der Waals surface area (Å²) in [5.74, 6) is 0.539. The molecule has 1 aliphatic rings. The molecule has 1 amide bonds. The van der Waals surface area contributed by atoms with Gasteiger partial charge >= 0.3 is 0 Å². The molecule has 0 atom stereocenters. The van der Waals surface area contributed by atoms with Crippen molar-refractivity contribution in [1.29, 1.82) is 0 Å². The Morgan fingerprint density at radius 3 is 2.07 bits per heavy atom. The molecule has 0 bridgehead atoms. The van der Waals surface area contributed by atoms with E-state index in [1.165, 1.54) is 9.87 Å². The second-order valence-corrected chi connectivity index (χ2v) is 9.40. The zero-order valence-electron chi connectivity index (χ0n) is 17.7. The van der Waals surface area contributed by atoms with Crippen molar-refractivity contribution in [2.24, 2.45) is 0 Å². The quantitative estimate of drug-likeness (QED) is 0.645. The van der Waals surface area contributed by atoms with Crippen molar-refractivity contribution in [2.75, 3.05) is 32.8 Å². The van der Waals surface area contributed by atoms with Crippen molar-refractivity contribution in [3.63, 3.8) is 0 Å². The van der Waals surface area contributed by atoms with Gasteiger partial charge in [0.2, 0.25) is 10.0 Å². The lowest BCUT2D eigenvalue weighted by molar-refractivity contribution is -0.134. The number of amides is 1. The van der Waals surface area contributed by atoms with Crippen molar-refractivity contribution < 1.29 is 17.9 Å². The summed E-state index contributed by atoms with van der Waals surface area (Å²) in [6.07, 6.45) is 2.98. The van der Waals surface area contributed by atoms with E-state index in [4.69, 9.17) is 4.74 Å². The highest BCUT2D eigenvalue weighted by atomic mass is 32.2. The summed E-state index contributed by atoms with van der Waals surface area (Å²) in [7, 11) is -3.54. The largest absolute Gasteiger partial charge is 0.484 e. The lowest BCUT2D eigenvalue weighted by Gasteiger charge is -2.34. The van der Waals surface area contributed by atoms with Gasteiger partial charge in [-0.25, -0.2) is 8.42 Å².